The molecular weight excluding hydrogens is 293 g/mol. The van der Waals surface area contributed by atoms with Crippen LogP contribution in [0.25, 0.3) is 0 Å². The molecule has 0 aromatic carbocycles. The van der Waals surface area contributed by atoms with E-state index in [0.29, 0.717) is 0 Å². The Morgan fingerprint density at radius 2 is 1.82 bits per heavy atom. The van der Waals surface area contributed by atoms with Crippen LogP contribution in [0.1, 0.15) is 6.92 Å². The molecule has 0 rings (SSSR count). The van der Waals surface area contributed by atoms with Crippen LogP contribution in [0.4, 0.5) is 13.2 Å². The van der Waals surface area contributed by atoms with Crippen molar-refractivity contribution in [2.45, 2.75) is 22.9 Å². The van der Waals surface area contributed by atoms with E-state index in [1.54, 1.807) is 6.92 Å². The van der Waals surface area contributed by atoms with E-state index in [1.165, 1.54) is 0 Å². The smallest absolute Gasteiger partial charge is 0.366 e. The molecule has 0 aliphatic heterocycles. The number of halogens is 5. The zero-order valence-corrected chi connectivity index (χ0v) is 8.83. The summed E-state index contributed by atoms with van der Waals surface area (Å²) < 4.78 is 40.3. The predicted molar refractivity (Wildman–Crippen MR) is 43.1 cm³/mol. The number of hydrogen-bond acceptors (Lipinski definition) is 1. The Kier molecular flexibility index (Phi) is 4.97. The van der Waals surface area contributed by atoms with Crippen LogP contribution in [0.5, 0.6) is 0 Å². The molecule has 0 saturated carbocycles. The van der Waals surface area contributed by atoms with E-state index in [9.17, 15) is 13.2 Å². The van der Waals surface area contributed by atoms with Crippen molar-refractivity contribution in [2.75, 3.05) is 6.61 Å². The molecule has 0 aliphatic rings. The molecule has 0 radical (unpaired) electrons. The lowest BCUT2D eigenvalue weighted by atomic mass is 10.4. The second kappa shape index (κ2) is 4.67. The van der Waals surface area contributed by atoms with Gasteiger partial charge < -0.3 is 4.74 Å². The van der Waals surface area contributed by atoms with Crippen LogP contribution in [0.15, 0.2) is 0 Å². The second-order valence-electron chi connectivity index (χ2n) is 1.75. The summed E-state index contributed by atoms with van der Waals surface area (Å²) in [6.07, 6.45) is -4.27. The number of rotatable bonds is 3. The average Bonchev–Trinajstić information content (AvgIpc) is 1.85. The van der Waals surface area contributed by atoms with Gasteiger partial charge in [0, 0.05) is 6.61 Å². The van der Waals surface area contributed by atoms with Crippen molar-refractivity contribution < 1.29 is 17.9 Å². The monoisotopic (exact) mass is 298 g/mol. The van der Waals surface area contributed by atoms with Gasteiger partial charge in [0.2, 0.25) is 0 Å². The zero-order chi connectivity index (χ0) is 9.07. The molecule has 2 atom stereocenters. The quantitative estimate of drug-likeness (QED) is 0.728. The fourth-order valence-corrected chi connectivity index (χ4v) is 1.11. The minimum absolute atomic E-state index is 0.244. The van der Waals surface area contributed by atoms with Crippen LogP contribution in [0.3, 0.4) is 0 Å². The summed E-state index contributed by atoms with van der Waals surface area (Å²) >= 11 is 5.22. The Hall–Kier alpha value is 0.710. The van der Waals surface area contributed by atoms with Gasteiger partial charge in [-0.15, -0.1) is 0 Å². The van der Waals surface area contributed by atoms with Gasteiger partial charge in [0.05, 0.1) is 0 Å². The van der Waals surface area contributed by atoms with E-state index in [-0.39, 0.29) is 6.61 Å². The van der Waals surface area contributed by atoms with Gasteiger partial charge in [0.15, 0.2) is 0 Å². The number of hydrogen-bond donors (Lipinski definition) is 0. The van der Waals surface area contributed by atoms with Crippen LogP contribution in [0, 0.1) is 0 Å². The summed E-state index contributed by atoms with van der Waals surface area (Å²) in [5.74, 6) is 0. The second-order valence-corrected chi connectivity index (χ2v) is 3.64. The van der Waals surface area contributed by atoms with Gasteiger partial charge in [-0.3, -0.25) is 0 Å². The molecule has 0 saturated heterocycles. The van der Waals surface area contributed by atoms with E-state index in [0.717, 1.165) is 0 Å². The van der Waals surface area contributed by atoms with Gasteiger partial charge >= 0.3 is 6.18 Å². The third-order valence-corrected chi connectivity index (χ3v) is 3.37. The highest BCUT2D eigenvalue weighted by Gasteiger charge is 2.42. The van der Waals surface area contributed by atoms with Crippen molar-refractivity contribution in [3.63, 3.8) is 0 Å². The van der Waals surface area contributed by atoms with Crippen LogP contribution < -0.4 is 0 Å². The highest BCUT2D eigenvalue weighted by Crippen LogP contribution is 2.32. The highest BCUT2D eigenvalue weighted by molar-refractivity contribution is 9.12. The fourth-order valence-electron chi connectivity index (χ4n) is 0.392. The third-order valence-electron chi connectivity index (χ3n) is 0.869. The molecule has 6 heteroatoms. The van der Waals surface area contributed by atoms with Crippen LogP contribution in [0.2, 0.25) is 0 Å². The van der Waals surface area contributed by atoms with Gasteiger partial charge in [-0.05, 0) is 6.92 Å². The molecule has 2 unspecified atom stereocenters. The minimum atomic E-state index is -4.27. The van der Waals surface area contributed by atoms with E-state index >= 15 is 0 Å². The Bertz CT molecular complexity index is 117. The van der Waals surface area contributed by atoms with Crippen molar-refractivity contribution in [2.24, 2.45) is 0 Å². The Morgan fingerprint density at radius 1 is 1.36 bits per heavy atom. The van der Waals surface area contributed by atoms with Crippen LogP contribution in [-0.4, -0.2) is 22.6 Å². The SMILES string of the molecule is CCOC(Br)C(Br)C(F)(F)F. The Balaban J connectivity index is 3.91. The lowest BCUT2D eigenvalue weighted by molar-refractivity contribution is -0.140. The van der Waals surface area contributed by atoms with Gasteiger partial charge in [-0.2, -0.15) is 13.2 Å². The molecule has 0 N–H and O–H groups in total. The largest absolute Gasteiger partial charge is 0.404 e. The molecule has 0 bridgehead atoms. The van der Waals surface area contributed by atoms with Gasteiger partial charge in [-0.25, -0.2) is 0 Å². The first-order valence-electron chi connectivity index (χ1n) is 2.86. The summed E-state index contributed by atoms with van der Waals surface area (Å²) in [4.78, 5) is -1.66. The first-order valence-corrected chi connectivity index (χ1v) is 4.69. The molecule has 0 spiro atoms. The first-order chi connectivity index (χ1) is 4.89. The molecule has 0 aromatic rings. The first kappa shape index (κ1) is 11.7. The third kappa shape index (κ3) is 4.32. The molecule has 0 heterocycles. The Labute approximate surface area is 79.5 Å². The normalized spacial score (nSPS) is 18.0. The van der Waals surface area contributed by atoms with Gasteiger partial charge in [0.25, 0.3) is 0 Å². The summed E-state index contributed by atoms with van der Waals surface area (Å²) in [6, 6.07) is 0. The Morgan fingerprint density at radius 3 is 2.09 bits per heavy atom. The summed E-state index contributed by atoms with van der Waals surface area (Å²) in [5.41, 5.74) is 0. The van der Waals surface area contributed by atoms with Crippen molar-refractivity contribution in [3.05, 3.63) is 0 Å². The molecule has 0 amide bonds. The maximum Gasteiger partial charge on any atom is 0.404 e. The summed E-state index contributed by atoms with van der Waals surface area (Å²) in [5, 5.41) is -1.02. The summed E-state index contributed by atoms with van der Waals surface area (Å²) in [7, 11) is 0. The number of alkyl halides is 5. The fraction of sp³-hybridized carbons (Fsp3) is 1.00. The number of ether oxygens (including phenoxy) is 1. The van der Waals surface area contributed by atoms with Crippen molar-refractivity contribution >= 4 is 31.9 Å². The lowest BCUT2D eigenvalue weighted by Gasteiger charge is -2.18. The predicted octanol–water partition coefficient (Wildman–Crippen LogP) is 3.07. The molecule has 1 nitrogen and oxygen atoms in total. The minimum Gasteiger partial charge on any atom is -0.366 e. The van der Waals surface area contributed by atoms with Crippen LogP contribution in [-0.2, 0) is 4.74 Å². The lowest BCUT2D eigenvalue weighted by Crippen LogP contribution is -2.32. The molecule has 0 aliphatic carbocycles. The molecule has 68 valence electrons. The van der Waals surface area contributed by atoms with E-state index in [2.05, 4.69) is 36.6 Å². The maximum absolute atomic E-state index is 11.9. The molecule has 0 aromatic heterocycles. The van der Waals surface area contributed by atoms with Crippen molar-refractivity contribution in [1.82, 2.24) is 0 Å². The van der Waals surface area contributed by atoms with Crippen molar-refractivity contribution in [3.8, 4) is 0 Å². The molecular formula is C5H7Br2F3O. The standard InChI is InChI=1S/C5H7Br2F3O/c1-2-11-4(7)3(6)5(8,9)10/h3-4H,2H2,1H3. The topological polar surface area (TPSA) is 9.23 Å². The van der Waals surface area contributed by atoms with E-state index < -0.39 is 16.0 Å². The molecule has 11 heavy (non-hydrogen) atoms. The average molecular weight is 300 g/mol. The highest BCUT2D eigenvalue weighted by atomic mass is 79.9. The van der Waals surface area contributed by atoms with Crippen molar-refractivity contribution in [1.29, 1.82) is 0 Å². The van der Waals surface area contributed by atoms with Crippen LogP contribution >= 0.6 is 31.9 Å². The maximum atomic E-state index is 11.9. The molecule has 0 fully saturated rings. The van der Waals surface area contributed by atoms with Gasteiger partial charge in [0.1, 0.15) is 9.84 Å². The van der Waals surface area contributed by atoms with E-state index in [4.69, 9.17) is 0 Å². The van der Waals surface area contributed by atoms with Gasteiger partial charge in [-0.1, -0.05) is 31.9 Å². The summed E-state index contributed by atoms with van der Waals surface area (Å²) in [6.45, 7) is 1.87. The van der Waals surface area contributed by atoms with E-state index in [1.807, 2.05) is 0 Å². The zero-order valence-electron chi connectivity index (χ0n) is 5.66.